The Balaban J connectivity index is 1.58. The van der Waals surface area contributed by atoms with Crippen LogP contribution in [0.1, 0.15) is 29.6 Å². The molecule has 170 valence electrons. The summed E-state index contributed by atoms with van der Waals surface area (Å²) in [7, 11) is -3.52. The first-order valence-corrected chi connectivity index (χ1v) is 11.7. The zero-order valence-electron chi connectivity index (χ0n) is 17.6. The number of anilines is 1. The Kier molecular flexibility index (Phi) is 5.63. The van der Waals surface area contributed by atoms with Crippen molar-refractivity contribution in [3.63, 3.8) is 0 Å². The molecule has 0 unspecified atom stereocenters. The highest BCUT2D eigenvalue weighted by Crippen LogP contribution is 2.34. The molecule has 3 heterocycles. The second-order valence-electron chi connectivity index (χ2n) is 7.42. The number of aryl methyl sites for hydroxylation is 1. The van der Waals surface area contributed by atoms with Crippen LogP contribution in [0.5, 0.6) is 5.75 Å². The molecular formula is C20H22N4O7S. The first-order valence-electron chi connectivity index (χ1n) is 10.1. The topological polar surface area (TPSA) is 130 Å². The summed E-state index contributed by atoms with van der Waals surface area (Å²) in [4.78, 5) is 39.6. The van der Waals surface area contributed by atoms with Crippen molar-refractivity contribution in [2.45, 2.75) is 25.2 Å². The number of hydrazine groups is 1. The fourth-order valence-corrected chi connectivity index (χ4v) is 4.51. The number of aromatic nitrogens is 1. The van der Waals surface area contributed by atoms with Gasteiger partial charge in [0.25, 0.3) is 17.7 Å². The van der Waals surface area contributed by atoms with Crippen LogP contribution in [0.3, 0.4) is 0 Å². The van der Waals surface area contributed by atoms with Gasteiger partial charge in [0.05, 0.1) is 16.3 Å². The molecule has 0 radical (unpaired) electrons. The molecule has 12 heteroatoms. The van der Waals surface area contributed by atoms with E-state index in [1.54, 1.807) is 6.92 Å². The Labute approximate surface area is 184 Å². The molecular weight excluding hydrogens is 440 g/mol. The van der Waals surface area contributed by atoms with Gasteiger partial charge in [0, 0.05) is 19.2 Å². The van der Waals surface area contributed by atoms with Crippen molar-refractivity contribution < 1.29 is 32.1 Å². The average molecular weight is 462 g/mol. The van der Waals surface area contributed by atoms with Crippen LogP contribution in [-0.2, 0) is 19.4 Å². The standard InChI is InChI=1S/C20H22N4O7S/c1-3-32(28,29)14-5-6-17-16(10-14)22(19(26)12-30-17)11-18(25)23-7-4-8-24(23)20(27)15-9-13(2)31-21-15/h5-6,9-10H,3-4,7-8,11-12H2,1-2H3. The normalized spacial score (nSPS) is 16.2. The van der Waals surface area contributed by atoms with E-state index in [1.807, 2.05) is 0 Å². The number of hydrogen-bond donors (Lipinski definition) is 0. The monoisotopic (exact) mass is 462 g/mol. The smallest absolute Gasteiger partial charge is 0.294 e. The number of ether oxygens (including phenoxy) is 1. The number of carbonyl (C=O) groups excluding carboxylic acids is 3. The Morgan fingerprint density at radius 3 is 2.59 bits per heavy atom. The molecule has 1 aromatic heterocycles. The van der Waals surface area contributed by atoms with E-state index in [2.05, 4.69) is 5.16 Å². The number of hydrogen-bond acceptors (Lipinski definition) is 8. The van der Waals surface area contributed by atoms with Gasteiger partial charge >= 0.3 is 0 Å². The lowest BCUT2D eigenvalue weighted by atomic mass is 10.2. The molecule has 0 spiro atoms. The van der Waals surface area contributed by atoms with Crippen LogP contribution >= 0.6 is 0 Å². The number of rotatable bonds is 5. The average Bonchev–Trinajstić information content (AvgIpc) is 3.44. The maximum atomic E-state index is 13.1. The highest BCUT2D eigenvalue weighted by Gasteiger charge is 2.36. The first kappa shape index (κ1) is 21.8. The zero-order chi connectivity index (χ0) is 23.0. The summed E-state index contributed by atoms with van der Waals surface area (Å²) in [6, 6.07) is 5.71. The van der Waals surface area contributed by atoms with Crippen molar-refractivity contribution in [2.75, 3.05) is 36.9 Å². The molecule has 4 rings (SSSR count). The summed E-state index contributed by atoms with van der Waals surface area (Å²) in [6.45, 7) is 3.16. The first-order chi connectivity index (χ1) is 15.2. The summed E-state index contributed by atoms with van der Waals surface area (Å²) >= 11 is 0. The minimum Gasteiger partial charge on any atom is -0.482 e. The van der Waals surface area contributed by atoms with E-state index in [9.17, 15) is 22.8 Å². The van der Waals surface area contributed by atoms with E-state index >= 15 is 0 Å². The molecule has 32 heavy (non-hydrogen) atoms. The molecule has 2 aromatic rings. The maximum Gasteiger partial charge on any atom is 0.294 e. The highest BCUT2D eigenvalue weighted by molar-refractivity contribution is 7.91. The van der Waals surface area contributed by atoms with Crippen LogP contribution in [0.2, 0.25) is 0 Å². The minimum atomic E-state index is -3.52. The molecule has 11 nitrogen and oxygen atoms in total. The van der Waals surface area contributed by atoms with E-state index in [0.717, 1.165) is 0 Å². The molecule has 1 fully saturated rings. The van der Waals surface area contributed by atoms with Crippen LogP contribution in [0, 0.1) is 6.92 Å². The van der Waals surface area contributed by atoms with Crippen molar-refractivity contribution in [1.82, 2.24) is 15.2 Å². The predicted octanol–water partition coefficient (Wildman–Crippen LogP) is 0.792. The fourth-order valence-electron chi connectivity index (χ4n) is 3.61. The maximum absolute atomic E-state index is 13.1. The molecule has 0 N–H and O–H groups in total. The molecule has 0 saturated carbocycles. The Morgan fingerprint density at radius 1 is 1.16 bits per heavy atom. The number of benzene rings is 1. The molecule has 0 atom stereocenters. The zero-order valence-corrected chi connectivity index (χ0v) is 18.4. The summed E-state index contributed by atoms with van der Waals surface area (Å²) < 4.78 is 34.9. The summed E-state index contributed by atoms with van der Waals surface area (Å²) in [5.41, 5.74) is 0.290. The van der Waals surface area contributed by atoms with E-state index < -0.39 is 27.6 Å². The van der Waals surface area contributed by atoms with Crippen molar-refractivity contribution in [2.24, 2.45) is 0 Å². The summed E-state index contributed by atoms with van der Waals surface area (Å²) in [5, 5.41) is 6.27. The molecule has 2 aliphatic heterocycles. The van der Waals surface area contributed by atoms with Crippen molar-refractivity contribution in [3.05, 3.63) is 35.7 Å². The van der Waals surface area contributed by atoms with Crippen molar-refractivity contribution in [3.8, 4) is 5.75 Å². The molecule has 2 aliphatic rings. The van der Waals surface area contributed by atoms with Crippen LogP contribution < -0.4 is 9.64 Å². The Morgan fingerprint density at radius 2 is 1.91 bits per heavy atom. The van der Waals surface area contributed by atoms with Crippen molar-refractivity contribution in [1.29, 1.82) is 0 Å². The number of sulfone groups is 1. The number of fused-ring (bicyclic) bond motifs is 1. The van der Waals surface area contributed by atoms with Gasteiger partial charge in [-0.05, 0) is 31.5 Å². The van der Waals surface area contributed by atoms with Gasteiger partial charge in [-0.2, -0.15) is 0 Å². The Hall–Kier alpha value is -3.41. The van der Waals surface area contributed by atoms with Gasteiger partial charge in [0.15, 0.2) is 22.1 Å². The van der Waals surface area contributed by atoms with E-state index in [0.29, 0.717) is 31.0 Å². The number of amides is 3. The van der Waals surface area contributed by atoms with Gasteiger partial charge in [-0.3, -0.25) is 19.3 Å². The van der Waals surface area contributed by atoms with E-state index in [-0.39, 0.29) is 35.2 Å². The number of carbonyl (C=O) groups is 3. The van der Waals surface area contributed by atoms with Crippen molar-refractivity contribution >= 4 is 33.2 Å². The van der Waals surface area contributed by atoms with Gasteiger partial charge in [-0.25, -0.2) is 18.4 Å². The molecule has 1 aromatic carbocycles. The minimum absolute atomic E-state index is 0.0360. The lowest BCUT2D eigenvalue weighted by Crippen LogP contribution is -2.51. The van der Waals surface area contributed by atoms with Gasteiger partial charge in [-0.1, -0.05) is 12.1 Å². The largest absolute Gasteiger partial charge is 0.482 e. The summed E-state index contributed by atoms with van der Waals surface area (Å²) in [5.74, 6) is -0.773. The second kappa shape index (κ2) is 8.26. The molecule has 0 bridgehead atoms. The lowest BCUT2D eigenvalue weighted by Gasteiger charge is -2.32. The van der Waals surface area contributed by atoms with Gasteiger partial charge in [-0.15, -0.1) is 0 Å². The number of nitrogens with zero attached hydrogens (tertiary/aromatic N) is 4. The molecule has 0 aliphatic carbocycles. The fraction of sp³-hybridized carbons (Fsp3) is 0.400. The van der Waals surface area contributed by atoms with Crippen LogP contribution in [-0.4, -0.2) is 73.3 Å². The third-order valence-electron chi connectivity index (χ3n) is 5.31. The predicted molar refractivity (Wildman–Crippen MR) is 111 cm³/mol. The van der Waals surface area contributed by atoms with Crippen LogP contribution in [0.4, 0.5) is 5.69 Å². The third-order valence-corrected chi connectivity index (χ3v) is 7.04. The van der Waals surface area contributed by atoms with Crippen LogP contribution in [0.15, 0.2) is 33.7 Å². The van der Waals surface area contributed by atoms with Gasteiger partial charge < -0.3 is 9.26 Å². The quantitative estimate of drug-likeness (QED) is 0.638. The highest BCUT2D eigenvalue weighted by atomic mass is 32.2. The van der Waals surface area contributed by atoms with E-state index in [4.69, 9.17) is 9.26 Å². The molecule has 3 amide bonds. The van der Waals surface area contributed by atoms with Gasteiger partial charge in [0.1, 0.15) is 18.1 Å². The van der Waals surface area contributed by atoms with E-state index in [1.165, 1.54) is 46.1 Å². The Bertz CT molecular complexity index is 1190. The lowest BCUT2D eigenvalue weighted by molar-refractivity contribution is -0.140. The third kappa shape index (κ3) is 3.93. The summed E-state index contributed by atoms with van der Waals surface area (Å²) in [6.07, 6.45) is 0.570. The van der Waals surface area contributed by atoms with Gasteiger partial charge in [0.2, 0.25) is 0 Å². The SMILES string of the molecule is CCS(=O)(=O)c1ccc2c(c1)N(CC(=O)N1CCCN1C(=O)c1cc(C)on1)C(=O)CO2. The van der Waals surface area contributed by atoms with Crippen LogP contribution in [0.25, 0.3) is 0 Å². The second-order valence-corrected chi connectivity index (χ2v) is 9.70. The molecule has 1 saturated heterocycles.